The molecule has 0 spiro atoms. The van der Waals surface area contributed by atoms with Crippen LogP contribution < -0.4 is 0 Å². The average molecular weight is 211 g/mol. The molecule has 0 aliphatic heterocycles. The molecule has 1 N–H and O–H groups in total. The smallest absolute Gasteiger partial charge is 0.118 e. The van der Waals surface area contributed by atoms with Gasteiger partial charge in [0.15, 0.2) is 0 Å². The monoisotopic (exact) mass is 210 g/mol. The summed E-state index contributed by atoms with van der Waals surface area (Å²) < 4.78 is 0. The Morgan fingerprint density at radius 3 is 2.69 bits per heavy atom. The average Bonchev–Trinajstić information content (AvgIpc) is 2.47. The summed E-state index contributed by atoms with van der Waals surface area (Å²) in [7, 11) is 0. The van der Waals surface area contributed by atoms with Gasteiger partial charge in [-0.25, -0.2) is 0 Å². The van der Waals surface area contributed by atoms with Crippen LogP contribution >= 0.6 is 23.2 Å². The molecule has 2 aromatic rings. The lowest BCUT2D eigenvalue weighted by atomic mass is 10.2. The van der Waals surface area contributed by atoms with Gasteiger partial charge in [0.05, 0.1) is 5.02 Å². The predicted molar refractivity (Wildman–Crippen MR) is 53.0 cm³/mol. The van der Waals surface area contributed by atoms with Gasteiger partial charge in [0.2, 0.25) is 0 Å². The molecule has 0 atom stereocenters. The molecule has 1 heterocycles. The van der Waals surface area contributed by atoms with Gasteiger partial charge in [-0.05, 0) is 18.2 Å². The van der Waals surface area contributed by atoms with Crippen molar-refractivity contribution >= 4 is 34.1 Å². The highest BCUT2D eigenvalue weighted by Gasteiger charge is 2.04. The van der Waals surface area contributed by atoms with Crippen molar-refractivity contribution in [3.05, 3.63) is 33.9 Å². The second kappa shape index (κ2) is 2.95. The Bertz CT molecular complexity index is 508. The molecular formula is C9H4Cl2N2. The summed E-state index contributed by atoms with van der Waals surface area (Å²) in [6.07, 6.45) is 0. The highest BCUT2D eigenvalue weighted by Crippen LogP contribution is 2.27. The maximum Gasteiger partial charge on any atom is 0.118 e. The van der Waals surface area contributed by atoms with Crippen LogP contribution in [0.15, 0.2) is 18.2 Å². The topological polar surface area (TPSA) is 39.6 Å². The fourth-order valence-corrected chi connectivity index (χ4v) is 1.77. The van der Waals surface area contributed by atoms with Crippen molar-refractivity contribution in [2.45, 2.75) is 0 Å². The van der Waals surface area contributed by atoms with Crippen LogP contribution in [-0.2, 0) is 0 Å². The van der Waals surface area contributed by atoms with Crippen LogP contribution in [0.3, 0.4) is 0 Å². The van der Waals surface area contributed by atoms with E-state index in [9.17, 15) is 0 Å². The second-order valence-electron chi connectivity index (χ2n) is 2.64. The number of aromatic amines is 1. The van der Waals surface area contributed by atoms with Gasteiger partial charge in [-0.2, -0.15) is 5.26 Å². The van der Waals surface area contributed by atoms with Crippen LogP contribution in [0.1, 0.15) is 5.69 Å². The minimum Gasteiger partial charge on any atom is -0.346 e. The Morgan fingerprint density at radius 1 is 1.23 bits per heavy atom. The molecule has 0 unspecified atom stereocenters. The second-order valence-corrected chi connectivity index (χ2v) is 3.49. The number of H-pyrrole nitrogens is 1. The van der Waals surface area contributed by atoms with E-state index in [-0.39, 0.29) is 0 Å². The van der Waals surface area contributed by atoms with E-state index in [4.69, 9.17) is 28.5 Å². The Labute approximate surface area is 84.7 Å². The van der Waals surface area contributed by atoms with Crippen molar-refractivity contribution in [2.24, 2.45) is 0 Å². The lowest BCUT2D eigenvalue weighted by Gasteiger charge is -1.94. The number of nitrogens with zero attached hydrogens (tertiary/aromatic N) is 1. The molecule has 1 aromatic carbocycles. The van der Waals surface area contributed by atoms with E-state index in [1.807, 2.05) is 6.07 Å². The number of aromatic nitrogens is 1. The molecule has 0 radical (unpaired) electrons. The van der Waals surface area contributed by atoms with Crippen LogP contribution in [-0.4, -0.2) is 4.98 Å². The lowest BCUT2D eigenvalue weighted by molar-refractivity contribution is 1.37. The summed E-state index contributed by atoms with van der Waals surface area (Å²) in [5.74, 6) is 0. The molecule has 0 aliphatic carbocycles. The van der Waals surface area contributed by atoms with Crippen molar-refractivity contribution < 1.29 is 0 Å². The van der Waals surface area contributed by atoms with E-state index in [0.29, 0.717) is 15.7 Å². The van der Waals surface area contributed by atoms with Crippen molar-refractivity contribution in [2.75, 3.05) is 0 Å². The zero-order valence-corrected chi connectivity index (χ0v) is 7.95. The number of nitrogens with one attached hydrogen (secondary N) is 1. The van der Waals surface area contributed by atoms with Gasteiger partial charge < -0.3 is 4.98 Å². The van der Waals surface area contributed by atoms with Crippen LogP contribution in [0.25, 0.3) is 10.9 Å². The molecule has 2 nitrogen and oxygen atoms in total. The highest BCUT2D eigenvalue weighted by molar-refractivity contribution is 6.38. The number of fused-ring (bicyclic) bond motifs is 1. The van der Waals surface area contributed by atoms with Gasteiger partial charge in [-0.1, -0.05) is 23.2 Å². The molecule has 13 heavy (non-hydrogen) atoms. The molecule has 0 saturated carbocycles. The van der Waals surface area contributed by atoms with Gasteiger partial charge in [0.25, 0.3) is 0 Å². The van der Waals surface area contributed by atoms with Crippen LogP contribution in [0.4, 0.5) is 0 Å². The number of benzene rings is 1. The Balaban J connectivity index is 2.84. The molecule has 0 bridgehead atoms. The quantitative estimate of drug-likeness (QED) is 0.712. The number of rotatable bonds is 0. The number of hydrogen-bond acceptors (Lipinski definition) is 1. The first-order valence-corrected chi connectivity index (χ1v) is 4.34. The normalized spacial score (nSPS) is 10.2. The molecular weight excluding hydrogens is 207 g/mol. The molecule has 2 rings (SSSR count). The first kappa shape index (κ1) is 8.43. The molecule has 0 saturated heterocycles. The lowest BCUT2D eigenvalue weighted by Crippen LogP contribution is -1.71. The summed E-state index contributed by atoms with van der Waals surface area (Å²) in [5.41, 5.74) is 1.27. The van der Waals surface area contributed by atoms with E-state index in [0.717, 1.165) is 10.9 Å². The van der Waals surface area contributed by atoms with Crippen molar-refractivity contribution in [3.63, 3.8) is 0 Å². The third-order valence-corrected chi connectivity index (χ3v) is 2.30. The maximum absolute atomic E-state index is 8.64. The zero-order chi connectivity index (χ0) is 9.42. The predicted octanol–water partition coefficient (Wildman–Crippen LogP) is 3.35. The van der Waals surface area contributed by atoms with Gasteiger partial charge in [-0.3, -0.25) is 0 Å². The van der Waals surface area contributed by atoms with E-state index in [1.165, 1.54) is 0 Å². The number of halogens is 2. The maximum atomic E-state index is 8.64. The molecule has 0 fully saturated rings. The minimum atomic E-state index is 0.485. The Morgan fingerprint density at radius 2 is 2.00 bits per heavy atom. The van der Waals surface area contributed by atoms with Crippen LogP contribution in [0.2, 0.25) is 10.0 Å². The van der Waals surface area contributed by atoms with E-state index in [1.54, 1.807) is 18.2 Å². The highest BCUT2D eigenvalue weighted by atomic mass is 35.5. The van der Waals surface area contributed by atoms with Crippen LogP contribution in [0.5, 0.6) is 0 Å². The van der Waals surface area contributed by atoms with Gasteiger partial charge >= 0.3 is 0 Å². The van der Waals surface area contributed by atoms with Crippen LogP contribution in [0, 0.1) is 11.3 Å². The molecule has 0 aliphatic rings. The van der Waals surface area contributed by atoms with E-state index < -0.39 is 0 Å². The summed E-state index contributed by atoms with van der Waals surface area (Å²) in [6.45, 7) is 0. The summed E-state index contributed by atoms with van der Waals surface area (Å²) >= 11 is 11.7. The van der Waals surface area contributed by atoms with Crippen molar-refractivity contribution in [1.82, 2.24) is 4.98 Å². The first-order chi connectivity index (χ1) is 6.20. The Kier molecular flexibility index (Phi) is 1.91. The first-order valence-electron chi connectivity index (χ1n) is 3.58. The number of hydrogen-bond donors (Lipinski definition) is 1. The third-order valence-electron chi connectivity index (χ3n) is 1.77. The summed E-state index contributed by atoms with van der Waals surface area (Å²) in [4.78, 5) is 2.90. The van der Waals surface area contributed by atoms with E-state index in [2.05, 4.69) is 4.98 Å². The standard InChI is InChI=1S/C9H4Cl2N2/c10-5-1-8(11)7-3-6(4-12)13-9(7)2-5/h1-3,13H. The molecule has 4 heteroatoms. The summed E-state index contributed by atoms with van der Waals surface area (Å²) in [5, 5.41) is 10.6. The van der Waals surface area contributed by atoms with Crippen molar-refractivity contribution in [3.8, 4) is 6.07 Å². The largest absolute Gasteiger partial charge is 0.346 e. The van der Waals surface area contributed by atoms with Gasteiger partial charge in [0, 0.05) is 15.9 Å². The summed E-state index contributed by atoms with van der Waals surface area (Å²) in [6, 6.07) is 7.10. The number of nitriles is 1. The van der Waals surface area contributed by atoms with Gasteiger partial charge in [0.1, 0.15) is 11.8 Å². The molecule has 0 amide bonds. The molecule has 64 valence electrons. The fourth-order valence-electron chi connectivity index (χ4n) is 1.22. The minimum absolute atomic E-state index is 0.485. The van der Waals surface area contributed by atoms with Gasteiger partial charge in [-0.15, -0.1) is 0 Å². The SMILES string of the molecule is N#Cc1cc2c(Cl)cc(Cl)cc2[nH]1. The van der Waals surface area contributed by atoms with Crippen molar-refractivity contribution in [1.29, 1.82) is 5.26 Å². The zero-order valence-electron chi connectivity index (χ0n) is 6.44. The third kappa shape index (κ3) is 1.37. The Hall–Kier alpha value is -1.17. The fraction of sp³-hybridized carbons (Fsp3) is 0. The van der Waals surface area contributed by atoms with E-state index >= 15 is 0 Å². The molecule has 1 aromatic heterocycles.